The Bertz CT molecular complexity index is 1830. The van der Waals surface area contributed by atoms with E-state index >= 15 is 0 Å². The minimum atomic E-state index is -1.22. The van der Waals surface area contributed by atoms with Gasteiger partial charge in [-0.3, -0.25) is 4.79 Å². The molecular formula is C33H34N8O3. The number of aromatic carboxylic acids is 1. The molecule has 2 atom stereocenters. The van der Waals surface area contributed by atoms with Gasteiger partial charge in [-0.05, 0) is 55.5 Å². The third-order valence-electron chi connectivity index (χ3n) is 9.79. The van der Waals surface area contributed by atoms with Crippen LogP contribution in [0, 0.1) is 23.7 Å². The van der Waals surface area contributed by atoms with Crippen LogP contribution in [0.4, 0.5) is 11.5 Å². The van der Waals surface area contributed by atoms with Crippen LogP contribution < -0.4 is 9.80 Å². The molecule has 3 aliphatic rings. The molecule has 224 valence electrons. The highest BCUT2D eigenvalue weighted by molar-refractivity contribution is 5.91. The molecule has 1 spiro atoms. The first-order valence-corrected chi connectivity index (χ1v) is 15.0. The van der Waals surface area contributed by atoms with Crippen LogP contribution in [0.2, 0.25) is 0 Å². The van der Waals surface area contributed by atoms with E-state index in [1.807, 2.05) is 24.1 Å². The zero-order valence-corrected chi connectivity index (χ0v) is 24.9. The molecule has 0 bridgehead atoms. The lowest BCUT2D eigenvalue weighted by atomic mass is 9.82. The van der Waals surface area contributed by atoms with Gasteiger partial charge in [0.2, 0.25) is 5.82 Å². The number of nitrogens with zero attached hydrogens (tertiary/aromatic N) is 8. The van der Waals surface area contributed by atoms with E-state index in [4.69, 9.17) is 0 Å². The maximum atomic E-state index is 13.6. The van der Waals surface area contributed by atoms with Gasteiger partial charge in [0.15, 0.2) is 11.3 Å². The molecule has 3 fully saturated rings. The van der Waals surface area contributed by atoms with E-state index in [1.54, 1.807) is 10.6 Å². The number of rotatable bonds is 5. The van der Waals surface area contributed by atoms with Crippen molar-refractivity contribution in [3.63, 3.8) is 0 Å². The highest BCUT2D eigenvalue weighted by atomic mass is 16.4. The van der Waals surface area contributed by atoms with Crippen LogP contribution in [0.25, 0.3) is 5.65 Å². The molecule has 1 aromatic carbocycles. The Hall–Kier alpha value is -4.98. The summed E-state index contributed by atoms with van der Waals surface area (Å²) in [5.41, 5.74) is 3.85. The van der Waals surface area contributed by atoms with Crippen molar-refractivity contribution >= 4 is 29.0 Å². The lowest BCUT2D eigenvalue weighted by molar-refractivity contribution is 0.0689. The molecule has 3 aliphatic heterocycles. The smallest absolute Gasteiger partial charge is 0.355 e. The first-order valence-electron chi connectivity index (χ1n) is 15.0. The van der Waals surface area contributed by atoms with Gasteiger partial charge in [0.1, 0.15) is 11.9 Å². The molecule has 7 rings (SSSR count). The second-order valence-corrected chi connectivity index (χ2v) is 12.8. The number of carbonyl (C=O) groups is 2. The third-order valence-corrected chi connectivity index (χ3v) is 9.79. The number of carboxylic acid groups (broad SMARTS) is 1. The lowest BCUT2D eigenvalue weighted by Gasteiger charge is -2.26. The SMILES string of the molecule is Cc1cc(N2CCC(C)(c3ccccc3)C2)cn2nc(C(=O)N3CCC4(CCN(c5ccc(C#N)c(C(=O)O)n5)C4)C3)nc12. The molecule has 11 heteroatoms. The Kier molecular flexibility index (Phi) is 6.53. The van der Waals surface area contributed by atoms with E-state index in [2.05, 4.69) is 68.2 Å². The summed E-state index contributed by atoms with van der Waals surface area (Å²) in [5.74, 6) is -0.651. The average Bonchev–Trinajstić information content (AvgIpc) is 3.84. The van der Waals surface area contributed by atoms with Crippen LogP contribution >= 0.6 is 0 Å². The van der Waals surface area contributed by atoms with Gasteiger partial charge in [0.05, 0.1) is 17.4 Å². The summed E-state index contributed by atoms with van der Waals surface area (Å²) in [6.07, 6.45) is 4.74. The molecule has 44 heavy (non-hydrogen) atoms. The van der Waals surface area contributed by atoms with Crippen molar-refractivity contribution in [2.24, 2.45) is 5.41 Å². The Morgan fingerprint density at radius 2 is 1.73 bits per heavy atom. The van der Waals surface area contributed by atoms with Gasteiger partial charge in [-0.2, -0.15) is 5.26 Å². The summed E-state index contributed by atoms with van der Waals surface area (Å²) in [6, 6.07) is 17.9. The molecule has 0 saturated carbocycles. The topological polar surface area (TPSA) is 131 Å². The van der Waals surface area contributed by atoms with Crippen molar-refractivity contribution in [1.29, 1.82) is 5.26 Å². The molecule has 11 nitrogen and oxygen atoms in total. The third kappa shape index (κ3) is 4.71. The summed E-state index contributed by atoms with van der Waals surface area (Å²) >= 11 is 0. The number of anilines is 2. The monoisotopic (exact) mass is 590 g/mol. The van der Waals surface area contributed by atoms with Crippen LogP contribution in [-0.2, 0) is 5.41 Å². The van der Waals surface area contributed by atoms with E-state index in [-0.39, 0.29) is 33.8 Å². The molecule has 1 N–H and O–H groups in total. The number of likely N-dealkylation sites (tertiary alicyclic amines) is 1. The van der Waals surface area contributed by atoms with Gasteiger partial charge in [0, 0.05) is 50.1 Å². The first kappa shape index (κ1) is 27.8. The molecule has 3 aromatic heterocycles. The number of carboxylic acids is 1. The summed E-state index contributed by atoms with van der Waals surface area (Å²) in [7, 11) is 0. The van der Waals surface area contributed by atoms with Crippen LogP contribution in [0.3, 0.4) is 0 Å². The highest BCUT2D eigenvalue weighted by Crippen LogP contribution is 2.41. The van der Waals surface area contributed by atoms with Crippen LogP contribution in [-0.4, -0.2) is 80.7 Å². The van der Waals surface area contributed by atoms with Gasteiger partial charge in [-0.25, -0.2) is 19.3 Å². The van der Waals surface area contributed by atoms with Crippen molar-refractivity contribution in [2.75, 3.05) is 49.1 Å². The Morgan fingerprint density at radius 3 is 2.50 bits per heavy atom. The number of carbonyl (C=O) groups excluding carboxylic acids is 1. The fraction of sp³-hybridized carbons (Fsp3) is 0.394. The van der Waals surface area contributed by atoms with E-state index in [0.29, 0.717) is 37.6 Å². The van der Waals surface area contributed by atoms with Gasteiger partial charge < -0.3 is 19.8 Å². The van der Waals surface area contributed by atoms with Crippen molar-refractivity contribution in [3.8, 4) is 6.07 Å². The second kappa shape index (κ2) is 10.3. The fourth-order valence-corrected chi connectivity index (χ4v) is 7.24. The molecule has 3 saturated heterocycles. The standard InChI is InChI=1S/C33H34N8O3/c1-22-16-25(38-13-10-32(2,19-38)24-6-4-3-5-7-24)18-41-29(22)36-28(37-41)30(42)40-15-12-33(21-40)11-14-39(20-33)26-9-8-23(17-34)27(35-26)31(43)44/h3-9,16,18H,10-15,19-21H2,1-2H3,(H,43,44). The quantitative estimate of drug-likeness (QED) is 0.368. The predicted octanol–water partition coefficient (Wildman–Crippen LogP) is 3.91. The zero-order valence-electron chi connectivity index (χ0n) is 24.9. The predicted molar refractivity (Wildman–Crippen MR) is 164 cm³/mol. The maximum Gasteiger partial charge on any atom is 0.355 e. The van der Waals surface area contributed by atoms with Crippen molar-refractivity contribution < 1.29 is 14.7 Å². The molecule has 0 radical (unpaired) electrons. The number of aryl methyl sites for hydroxylation is 1. The molecule has 4 aromatic rings. The van der Waals surface area contributed by atoms with Gasteiger partial charge in [-0.1, -0.05) is 37.3 Å². The van der Waals surface area contributed by atoms with E-state index < -0.39 is 5.97 Å². The van der Waals surface area contributed by atoms with Crippen molar-refractivity contribution in [3.05, 3.63) is 82.9 Å². The number of pyridine rings is 2. The number of hydrogen-bond donors (Lipinski definition) is 1. The van der Waals surface area contributed by atoms with Crippen LogP contribution in [0.5, 0.6) is 0 Å². The highest BCUT2D eigenvalue weighted by Gasteiger charge is 2.46. The van der Waals surface area contributed by atoms with Gasteiger partial charge in [0.25, 0.3) is 5.91 Å². The zero-order chi connectivity index (χ0) is 30.6. The number of hydrogen-bond acceptors (Lipinski definition) is 8. The molecule has 0 aliphatic carbocycles. The molecular weight excluding hydrogens is 556 g/mol. The van der Waals surface area contributed by atoms with Crippen LogP contribution in [0.1, 0.15) is 64.0 Å². The summed E-state index contributed by atoms with van der Waals surface area (Å²) in [4.78, 5) is 40.5. The average molecular weight is 591 g/mol. The Morgan fingerprint density at radius 1 is 0.955 bits per heavy atom. The summed E-state index contributed by atoms with van der Waals surface area (Å²) < 4.78 is 1.75. The lowest BCUT2D eigenvalue weighted by Crippen LogP contribution is -2.34. The Balaban J connectivity index is 1.06. The first-order chi connectivity index (χ1) is 21.2. The van der Waals surface area contributed by atoms with Crippen molar-refractivity contribution in [1.82, 2.24) is 24.5 Å². The minimum Gasteiger partial charge on any atom is -0.476 e. The van der Waals surface area contributed by atoms with E-state index in [0.717, 1.165) is 43.6 Å². The number of amides is 1. The maximum absolute atomic E-state index is 13.6. The number of fused-ring (bicyclic) bond motifs is 1. The minimum absolute atomic E-state index is 0.0428. The number of nitriles is 1. The van der Waals surface area contributed by atoms with E-state index in [9.17, 15) is 20.0 Å². The van der Waals surface area contributed by atoms with E-state index in [1.165, 1.54) is 11.6 Å². The van der Waals surface area contributed by atoms with Gasteiger partial charge in [-0.15, -0.1) is 5.10 Å². The normalized spacial score (nSPS) is 23.2. The molecule has 1 amide bonds. The molecule has 2 unspecified atom stereocenters. The summed E-state index contributed by atoms with van der Waals surface area (Å²) in [5, 5.41) is 23.4. The Labute approximate surface area is 255 Å². The summed E-state index contributed by atoms with van der Waals surface area (Å²) in [6.45, 7) is 8.74. The largest absolute Gasteiger partial charge is 0.476 e. The number of aromatic nitrogens is 4. The van der Waals surface area contributed by atoms with Gasteiger partial charge >= 0.3 is 5.97 Å². The van der Waals surface area contributed by atoms with Crippen molar-refractivity contribution in [2.45, 2.75) is 38.5 Å². The van der Waals surface area contributed by atoms with Crippen LogP contribution in [0.15, 0.2) is 54.7 Å². The number of benzene rings is 1. The second-order valence-electron chi connectivity index (χ2n) is 12.8. The fourth-order valence-electron chi connectivity index (χ4n) is 7.24. The molecule has 6 heterocycles.